The molecule has 0 spiro atoms. The molecule has 1 aliphatic carbocycles. The monoisotopic (exact) mass is 251 g/mol. The maximum absolute atomic E-state index is 13.6. The van der Waals surface area contributed by atoms with E-state index in [1.54, 1.807) is 12.1 Å². The Balaban J connectivity index is 2.05. The van der Waals surface area contributed by atoms with Crippen molar-refractivity contribution in [3.8, 4) is 0 Å². The van der Waals surface area contributed by atoms with Crippen LogP contribution in [-0.4, -0.2) is 29.2 Å². The Hall–Kier alpha value is -0.930. The van der Waals surface area contributed by atoms with Crippen molar-refractivity contribution in [2.24, 2.45) is 5.41 Å². The quantitative estimate of drug-likeness (QED) is 0.893. The number of hydrogen-bond donors (Lipinski definition) is 1. The third-order valence-electron chi connectivity index (χ3n) is 4.19. The smallest absolute Gasteiger partial charge is 0.127 e. The third-order valence-corrected chi connectivity index (χ3v) is 4.19. The number of benzene rings is 1. The summed E-state index contributed by atoms with van der Waals surface area (Å²) in [5.74, 6) is -0.170. The predicted octanol–water partition coefficient (Wildman–Crippen LogP) is 2.81. The minimum atomic E-state index is -0.339. The van der Waals surface area contributed by atoms with E-state index in [1.165, 1.54) is 6.07 Å². The van der Waals surface area contributed by atoms with Gasteiger partial charge < -0.3 is 5.11 Å². The summed E-state index contributed by atoms with van der Waals surface area (Å²) >= 11 is 0. The molecule has 2 nitrogen and oxygen atoms in total. The van der Waals surface area contributed by atoms with Gasteiger partial charge in [0.05, 0.1) is 6.10 Å². The second kappa shape index (κ2) is 4.98. The highest BCUT2D eigenvalue weighted by molar-refractivity contribution is 5.17. The number of halogens is 1. The van der Waals surface area contributed by atoms with Crippen LogP contribution in [0.15, 0.2) is 24.3 Å². The molecule has 2 atom stereocenters. The summed E-state index contributed by atoms with van der Waals surface area (Å²) in [6.45, 7) is 4.73. The summed E-state index contributed by atoms with van der Waals surface area (Å²) in [6.07, 6.45) is 1.65. The van der Waals surface area contributed by atoms with Gasteiger partial charge in [0.15, 0.2) is 0 Å². The van der Waals surface area contributed by atoms with Crippen LogP contribution in [0.25, 0.3) is 0 Å². The topological polar surface area (TPSA) is 23.5 Å². The fourth-order valence-corrected chi connectivity index (χ4v) is 2.82. The molecule has 1 aromatic carbocycles. The molecule has 18 heavy (non-hydrogen) atoms. The highest BCUT2D eigenvalue weighted by Gasteiger charge is 2.42. The first-order chi connectivity index (χ1) is 8.42. The lowest BCUT2D eigenvalue weighted by atomic mass is 9.88. The normalized spacial score (nSPS) is 26.8. The van der Waals surface area contributed by atoms with Crippen LogP contribution in [0.2, 0.25) is 0 Å². The molecule has 0 radical (unpaired) electrons. The molecule has 0 heterocycles. The molecule has 0 amide bonds. The Morgan fingerprint density at radius 3 is 2.61 bits per heavy atom. The Morgan fingerprint density at radius 1 is 1.39 bits per heavy atom. The average molecular weight is 251 g/mol. The van der Waals surface area contributed by atoms with Gasteiger partial charge in [-0.05, 0) is 31.4 Å². The van der Waals surface area contributed by atoms with E-state index >= 15 is 0 Å². The largest absolute Gasteiger partial charge is 0.391 e. The zero-order valence-electron chi connectivity index (χ0n) is 11.4. The van der Waals surface area contributed by atoms with Crippen molar-refractivity contribution in [3.05, 3.63) is 35.6 Å². The highest BCUT2D eigenvalue weighted by atomic mass is 19.1. The lowest BCUT2D eigenvalue weighted by molar-refractivity contribution is 0.0206. The van der Waals surface area contributed by atoms with Gasteiger partial charge in [0.2, 0.25) is 0 Å². The van der Waals surface area contributed by atoms with Crippen molar-refractivity contribution in [1.82, 2.24) is 4.90 Å². The number of nitrogens with zero attached hydrogens (tertiary/aromatic N) is 1. The van der Waals surface area contributed by atoms with E-state index in [0.717, 1.165) is 12.8 Å². The van der Waals surface area contributed by atoms with Crippen molar-refractivity contribution in [2.45, 2.75) is 45.4 Å². The fourth-order valence-electron chi connectivity index (χ4n) is 2.82. The van der Waals surface area contributed by atoms with Gasteiger partial charge in [0.25, 0.3) is 0 Å². The summed E-state index contributed by atoms with van der Waals surface area (Å²) < 4.78 is 13.6. The Kier molecular flexibility index (Phi) is 3.74. The molecule has 1 fully saturated rings. The van der Waals surface area contributed by atoms with E-state index in [9.17, 15) is 9.50 Å². The highest BCUT2D eigenvalue weighted by Crippen LogP contribution is 2.39. The van der Waals surface area contributed by atoms with Gasteiger partial charge in [-0.1, -0.05) is 32.0 Å². The standard InChI is InChI=1S/C15H22FNO/c1-15(2)9-8-13(14(15)18)17(3)10-11-6-4-5-7-12(11)16/h4-7,13-14,18H,8-10H2,1-3H3. The van der Waals surface area contributed by atoms with E-state index in [2.05, 4.69) is 18.7 Å². The van der Waals surface area contributed by atoms with E-state index in [4.69, 9.17) is 0 Å². The first-order valence-electron chi connectivity index (χ1n) is 6.53. The first kappa shape index (κ1) is 13.5. The van der Waals surface area contributed by atoms with Gasteiger partial charge in [-0.15, -0.1) is 0 Å². The molecular formula is C15H22FNO. The average Bonchev–Trinajstić information content (AvgIpc) is 2.58. The molecule has 100 valence electrons. The number of likely N-dealkylation sites (N-methyl/N-ethyl adjacent to an activating group) is 1. The zero-order valence-corrected chi connectivity index (χ0v) is 11.4. The van der Waals surface area contributed by atoms with E-state index in [0.29, 0.717) is 12.1 Å². The van der Waals surface area contributed by atoms with E-state index in [-0.39, 0.29) is 23.4 Å². The summed E-state index contributed by atoms with van der Waals surface area (Å²) in [7, 11) is 1.96. The lowest BCUT2D eigenvalue weighted by Crippen LogP contribution is -2.41. The molecule has 0 aliphatic heterocycles. The molecular weight excluding hydrogens is 229 g/mol. The van der Waals surface area contributed by atoms with Crippen molar-refractivity contribution < 1.29 is 9.50 Å². The van der Waals surface area contributed by atoms with Crippen molar-refractivity contribution in [3.63, 3.8) is 0 Å². The number of hydrogen-bond acceptors (Lipinski definition) is 2. The SMILES string of the molecule is CN(Cc1ccccc1F)C1CCC(C)(C)C1O. The molecule has 0 aromatic heterocycles. The summed E-state index contributed by atoms with van der Waals surface area (Å²) in [6, 6.07) is 6.96. The second-order valence-electron chi connectivity index (χ2n) is 6.05. The molecule has 1 N–H and O–H groups in total. The van der Waals surface area contributed by atoms with Crippen LogP contribution in [0.3, 0.4) is 0 Å². The van der Waals surface area contributed by atoms with Gasteiger partial charge in [-0.25, -0.2) is 4.39 Å². The van der Waals surface area contributed by atoms with Crippen LogP contribution in [-0.2, 0) is 6.54 Å². The maximum atomic E-state index is 13.6. The van der Waals surface area contributed by atoms with Gasteiger partial charge >= 0.3 is 0 Å². The number of aliphatic hydroxyl groups excluding tert-OH is 1. The van der Waals surface area contributed by atoms with Gasteiger partial charge in [-0.2, -0.15) is 0 Å². The van der Waals surface area contributed by atoms with Crippen LogP contribution in [0.4, 0.5) is 4.39 Å². The number of rotatable bonds is 3. The van der Waals surface area contributed by atoms with Crippen molar-refractivity contribution in [1.29, 1.82) is 0 Å². The maximum Gasteiger partial charge on any atom is 0.127 e. The zero-order chi connectivity index (χ0) is 13.3. The summed E-state index contributed by atoms with van der Waals surface area (Å²) in [4.78, 5) is 2.07. The first-order valence-corrected chi connectivity index (χ1v) is 6.53. The molecule has 0 bridgehead atoms. The number of aliphatic hydroxyl groups is 1. The molecule has 3 heteroatoms. The van der Waals surface area contributed by atoms with Gasteiger partial charge in [0, 0.05) is 18.2 Å². The van der Waals surface area contributed by atoms with Crippen LogP contribution in [0.1, 0.15) is 32.3 Å². The fraction of sp³-hybridized carbons (Fsp3) is 0.600. The molecule has 2 rings (SSSR count). The van der Waals surface area contributed by atoms with E-state index < -0.39 is 0 Å². The minimum absolute atomic E-state index is 0.0336. The second-order valence-corrected chi connectivity index (χ2v) is 6.05. The Labute approximate surface area is 108 Å². The van der Waals surface area contributed by atoms with Gasteiger partial charge in [0.1, 0.15) is 5.82 Å². The molecule has 1 saturated carbocycles. The summed E-state index contributed by atoms with van der Waals surface area (Å²) in [5, 5.41) is 10.3. The molecule has 0 saturated heterocycles. The van der Waals surface area contributed by atoms with Crippen LogP contribution in [0, 0.1) is 11.2 Å². The Bertz CT molecular complexity index is 419. The van der Waals surface area contributed by atoms with Crippen LogP contribution in [0.5, 0.6) is 0 Å². The van der Waals surface area contributed by atoms with Crippen molar-refractivity contribution >= 4 is 0 Å². The van der Waals surface area contributed by atoms with Crippen molar-refractivity contribution in [2.75, 3.05) is 7.05 Å². The summed E-state index contributed by atoms with van der Waals surface area (Å²) in [5.41, 5.74) is 0.658. The van der Waals surface area contributed by atoms with Gasteiger partial charge in [-0.3, -0.25) is 4.90 Å². The predicted molar refractivity (Wildman–Crippen MR) is 70.7 cm³/mol. The van der Waals surface area contributed by atoms with E-state index in [1.807, 2.05) is 13.1 Å². The Morgan fingerprint density at radius 2 is 2.06 bits per heavy atom. The minimum Gasteiger partial charge on any atom is -0.391 e. The molecule has 1 aliphatic rings. The van der Waals surface area contributed by atoms with Crippen LogP contribution < -0.4 is 0 Å². The lowest BCUT2D eigenvalue weighted by Gasteiger charge is -2.31. The molecule has 2 unspecified atom stereocenters. The molecule has 1 aromatic rings. The van der Waals surface area contributed by atoms with Crippen LogP contribution >= 0.6 is 0 Å². The third kappa shape index (κ3) is 2.57.